The molecule has 5 heterocycles. The van der Waals surface area contributed by atoms with E-state index >= 15 is 0 Å². The largest absolute Gasteiger partial charge is 0.340 e. The molecule has 1 saturated carbocycles. The second kappa shape index (κ2) is 8.40. The van der Waals surface area contributed by atoms with Gasteiger partial charge in [-0.25, -0.2) is 18.3 Å². The van der Waals surface area contributed by atoms with E-state index in [0.29, 0.717) is 44.7 Å². The first-order valence-electron chi connectivity index (χ1n) is 12.0. The normalized spacial score (nSPS) is 20.5. The van der Waals surface area contributed by atoms with Gasteiger partial charge in [0, 0.05) is 66.1 Å². The highest BCUT2D eigenvalue weighted by molar-refractivity contribution is 14.1. The third kappa shape index (κ3) is 3.74. The maximum absolute atomic E-state index is 14.2. The molecular weight excluding hydrogens is 591 g/mol. The molecule has 1 aliphatic carbocycles. The molecule has 0 bridgehead atoms. The number of carbonyl (C=O) groups excluding carboxylic acids is 1. The van der Waals surface area contributed by atoms with Gasteiger partial charge in [0.15, 0.2) is 5.65 Å². The van der Waals surface area contributed by atoms with Gasteiger partial charge in [0.05, 0.1) is 17.4 Å². The van der Waals surface area contributed by atoms with Crippen LogP contribution in [0, 0.1) is 0 Å². The summed E-state index contributed by atoms with van der Waals surface area (Å²) >= 11 is 1.17. The fourth-order valence-corrected chi connectivity index (χ4v) is 6.28. The summed E-state index contributed by atoms with van der Waals surface area (Å²) in [5.74, 6) is -0.146. The van der Waals surface area contributed by atoms with Crippen molar-refractivity contribution >= 4 is 34.1 Å². The first-order chi connectivity index (χ1) is 17.1. The van der Waals surface area contributed by atoms with Crippen molar-refractivity contribution in [1.82, 2.24) is 29.0 Å². The van der Waals surface area contributed by atoms with Gasteiger partial charge in [-0.3, -0.25) is 9.69 Å². The summed E-state index contributed by atoms with van der Waals surface area (Å²) in [6.07, 6.45) is 1.55. The van der Waals surface area contributed by atoms with Gasteiger partial charge in [0.25, 0.3) is 12.3 Å². The molecule has 3 aliphatic rings. The Bertz CT molecular complexity index is 1340. The van der Waals surface area contributed by atoms with E-state index < -0.39 is 15.9 Å². The van der Waals surface area contributed by atoms with Gasteiger partial charge < -0.3 is 9.47 Å². The van der Waals surface area contributed by atoms with E-state index in [1.165, 1.54) is 40.9 Å². The molecule has 36 heavy (non-hydrogen) atoms. The van der Waals surface area contributed by atoms with Crippen LogP contribution >= 0.6 is 22.6 Å². The van der Waals surface area contributed by atoms with Gasteiger partial charge in [-0.1, -0.05) is 0 Å². The van der Waals surface area contributed by atoms with Crippen molar-refractivity contribution in [3.05, 3.63) is 52.7 Å². The summed E-state index contributed by atoms with van der Waals surface area (Å²) in [7, 11) is 2.00. The molecule has 0 atom stereocenters. The van der Waals surface area contributed by atoms with Crippen molar-refractivity contribution in [2.45, 2.75) is 54.0 Å². The highest BCUT2D eigenvalue weighted by Gasteiger charge is 2.47. The fraction of sp³-hybridized carbons (Fsp3) is 0.542. The van der Waals surface area contributed by atoms with Gasteiger partial charge in [-0.2, -0.15) is 13.9 Å². The molecule has 1 amide bonds. The Hall–Kier alpha value is -2.22. The van der Waals surface area contributed by atoms with E-state index in [2.05, 4.69) is 15.0 Å². The molecular formula is C24H25F4IN6O. The maximum Gasteiger partial charge on any atom is 0.336 e. The molecule has 1 saturated heterocycles. The van der Waals surface area contributed by atoms with Crippen LogP contribution in [0.15, 0.2) is 24.4 Å². The van der Waals surface area contributed by atoms with Crippen molar-refractivity contribution in [1.29, 1.82) is 0 Å². The highest BCUT2D eigenvalue weighted by Crippen LogP contribution is 2.45. The molecule has 1 spiro atoms. The number of nitrogens with zero attached hydrogens (tertiary/aromatic N) is 6. The number of fused-ring (bicyclic) bond motifs is 3. The summed E-state index contributed by atoms with van der Waals surface area (Å²) in [6, 6.07) is 4.68. The molecule has 0 N–H and O–H groups in total. The third-order valence-electron chi connectivity index (χ3n) is 7.98. The molecule has 3 aromatic rings. The molecule has 0 aromatic carbocycles. The number of carbonyl (C=O) groups is 1. The fourth-order valence-electron chi connectivity index (χ4n) is 5.81. The van der Waals surface area contributed by atoms with Crippen LogP contribution < -0.4 is 0 Å². The smallest absolute Gasteiger partial charge is 0.336 e. The molecule has 12 heteroatoms. The van der Waals surface area contributed by atoms with Gasteiger partial charge in [-0.05, 0) is 50.9 Å². The van der Waals surface area contributed by atoms with Gasteiger partial charge in [0.1, 0.15) is 11.3 Å². The van der Waals surface area contributed by atoms with E-state index in [-0.39, 0.29) is 34.4 Å². The van der Waals surface area contributed by atoms with Crippen molar-refractivity contribution in [3.8, 4) is 0 Å². The summed E-state index contributed by atoms with van der Waals surface area (Å²) in [5, 5.41) is 4.07. The number of likely N-dealkylation sites (tertiary alicyclic amines) is 1. The average Bonchev–Trinajstić information content (AvgIpc) is 3.44. The second-order valence-electron chi connectivity index (χ2n) is 9.97. The third-order valence-corrected chi connectivity index (χ3v) is 8.54. The minimum absolute atomic E-state index is 0.00260. The minimum atomic E-state index is -2.96. The molecule has 7 nitrogen and oxygen atoms in total. The van der Waals surface area contributed by atoms with E-state index in [1.807, 2.05) is 7.05 Å². The molecule has 0 radical (unpaired) electrons. The van der Waals surface area contributed by atoms with Crippen LogP contribution in [-0.4, -0.2) is 61.6 Å². The van der Waals surface area contributed by atoms with Gasteiger partial charge >= 0.3 is 3.93 Å². The summed E-state index contributed by atoms with van der Waals surface area (Å²) in [5.41, 5.74) is 1.10. The standard InChI is InChI=1S/C24H25F4IN6O/c1-32-10-11-34-18(4-5-19(34)24(27,28)29)23(32)6-8-33(9-7-23)22(36)15-13-30-35-17(20(25)26)12-16(14-2-3-14)31-21(15)35/h4-5,12-14,20H,2-3,6-11H2,1H3. The first kappa shape index (κ1) is 24.1. The van der Waals surface area contributed by atoms with Crippen molar-refractivity contribution in [2.75, 3.05) is 26.7 Å². The molecule has 6 rings (SSSR count). The number of hydrogen-bond acceptors (Lipinski definition) is 4. The lowest BCUT2D eigenvalue weighted by Gasteiger charge is -2.50. The van der Waals surface area contributed by atoms with Crippen molar-refractivity contribution < 1.29 is 22.4 Å². The summed E-state index contributed by atoms with van der Waals surface area (Å²) in [6.45, 7) is 1.94. The summed E-state index contributed by atoms with van der Waals surface area (Å²) < 4.78 is 55.6. The molecule has 0 unspecified atom stereocenters. The number of hydrogen-bond donors (Lipinski definition) is 0. The first-order valence-corrected chi connectivity index (χ1v) is 13.1. The number of aromatic nitrogens is 4. The molecule has 192 valence electrons. The average molecular weight is 616 g/mol. The van der Waals surface area contributed by atoms with Crippen molar-refractivity contribution in [3.63, 3.8) is 0 Å². The Morgan fingerprint density at radius 3 is 2.53 bits per heavy atom. The maximum atomic E-state index is 14.2. The van der Waals surface area contributed by atoms with E-state index in [0.717, 1.165) is 23.1 Å². The lowest BCUT2D eigenvalue weighted by molar-refractivity contribution is 0.0103. The van der Waals surface area contributed by atoms with Gasteiger partial charge in [0.2, 0.25) is 0 Å². The number of piperidine rings is 1. The Labute approximate surface area is 218 Å². The number of halogens is 5. The van der Waals surface area contributed by atoms with Crippen LogP contribution in [0.25, 0.3) is 5.65 Å². The van der Waals surface area contributed by atoms with E-state index in [1.54, 1.807) is 15.5 Å². The molecule has 3 aromatic heterocycles. The lowest BCUT2D eigenvalue weighted by Crippen LogP contribution is -2.56. The van der Waals surface area contributed by atoms with E-state index in [4.69, 9.17) is 0 Å². The van der Waals surface area contributed by atoms with Crippen LogP contribution in [0.1, 0.15) is 71.2 Å². The highest BCUT2D eigenvalue weighted by atomic mass is 127. The predicted molar refractivity (Wildman–Crippen MR) is 132 cm³/mol. The Balaban J connectivity index is 1.29. The molecule has 2 aliphatic heterocycles. The number of amides is 1. The van der Waals surface area contributed by atoms with Crippen LogP contribution in [-0.2, 0) is 16.0 Å². The summed E-state index contributed by atoms with van der Waals surface area (Å²) in [4.78, 5) is 22.0. The predicted octanol–water partition coefficient (Wildman–Crippen LogP) is 4.91. The monoisotopic (exact) mass is 616 g/mol. The minimum Gasteiger partial charge on any atom is -0.340 e. The zero-order valence-electron chi connectivity index (χ0n) is 19.6. The van der Waals surface area contributed by atoms with Crippen LogP contribution in [0.2, 0.25) is 0 Å². The number of rotatable bonds is 4. The quantitative estimate of drug-likeness (QED) is 0.238. The van der Waals surface area contributed by atoms with Crippen molar-refractivity contribution in [2.24, 2.45) is 0 Å². The topological polar surface area (TPSA) is 58.7 Å². The lowest BCUT2D eigenvalue weighted by atomic mass is 9.81. The van der Waals surface area contributed by atoms with E-state index in [9.17, 15) is 22.4 Å². The second-order valence-corrected chi connectivity index (χ2v) is 11.3. The number of alkyl halides is 5. The zero-order chi connectivity index (χ0) is 25.4. The van der Waals surface area contributed by atoms with Gasteiger partial charge in [-0.15, -0.1) is 0 Å². The zero-order valence-corrected chi connectivity index (χ0v) is 21.8. The molecule has 2 fully saturated rings. The van der Waals surface area contributed by atoms with Crippen LogP contribution in [0.5, 0.6) is 0 Å². The number of likely N-dealkylation sites (N-methyl/N-ethyl adjacent to an activating group) is 1. The Morgan fingerprint density at radius 2 is 1.89 bits per heavy atom. The Morgan fingerprint density at radius 1 is 1.17 bits per heavy atom. The Kier molecular flexibility index (Phi) is 5.63. The van der Waals surface area contributed by atoms with Crippen LogP contribution in [0.4, 0.5) is 17.6 Å². The van der Waals surface area contributed by atoms with Crippen LogP contribution in [0.3, 0.4) is 0 Å². The SMILES string of the molecule is CN1CCn2c(C(F)(F)I)ccc2C12CCN(C(=O)c1cnn3c(C(F)F)cc(C4CC4)nc13)CC2.